The number of para-hydroxylation sites is 1. The molecule has 0 aliphatic rings. The van der Waals surface area contributed by atoms with Gasteiger partial charge in [0.25, 0.3) is 0 Å². The lowest BCUT2D eigenvalue weighted by Gasteiger charge is -2.13. The molecule has 5 heteroatoms. The summed E-state index contributed by atoms with van der Waals surface area (Å²) in [5.41, 5.74) is 6.62. The fourth-order valence-electron chi connectivity index (χ4n) is 1.85. The third kappa shape index (κ3) is 3.11. The quantitative estimate of drug-likeness (QED) is 0.912. The Bertz CT molecular complexity index is 591. The van der Waals surface area contributed by atoms with Crippen molar-refractivity contribution < 1.29 is 17.9 Å². The van der Waals surface area contributed by atoms with E-state index in [-0.39, 0.29) is 0 Å². The summed E-state index contributed by atoms with van der Waals surface area (Å²) < 4.78 is 43.1. The van der Waals surface area contributed by atoms with Crippen LogP contribution in [0.15, 0.2) is 42.5 Å². The van der Waals surface area contributed by atoms with Gasteiger partial charge in [0.2, 0.25) is 0 Å². The van der Waals surface area contributed by atoms with Crippen molar-refractivity contribution in [1.82, 2.24) is 0 Å². The van der Waals surface area contributed by atoms with Crippen LogP contribution >= 0.6 is 0 Å². The van der Waals surface area contributed by atoms with Gasteiger partial charge >= 0.3 is 6.18 Å². The second-order valence-corrected chi connectivity index (χ2v) is 4.39. The number of nitrogens with two attached hydrogens (primary N) is 1. The van der Waals surface area contributed by atoms with Gasteiger partial charge in [-0.2, -0.15) is 13.2 Å². The second kappa shape index (κ2) is 5.54. The number of alkyl halides is 3. The van der Waals surface area contributed by atoms with Gasteiger partial charge in [0.05, 0.1) is 5.56 Å². The van der Waals surface area contributed by atoms with E-state index in [2.05, 4.69) is 0 Å². The summed E-state index contributed by atoms with van der Waals surface area (Å²) in [5.74, 6) is 0.941. The van der Waals surface area contributed by atoms with Crippen molar-refractivity contribution in [2.24, 2.45) is 5.73 Å². The minimum Gasteiger partial charge on any atom is -0.457 e. The van der Waals surface area contributed by atoms with Gasteiger partial charge in [-0.3, -0.25) is 0 Å². The standard InChI is InChI=1S/C15H14F3NO/c1-10-3-2-4-11(9-19)14(10)20-13-7-5-12(6-8-13)15(16,17)18/h2-8H,9,19H2,1H3. The number of ether oxygens (including phenoxy) is 1. The van der Waals surface area contributed by atoms with Gasteiger partial charge in [0.1, 0.15) is 11.5 Å². The predicted molar refractivity (Wildman–Crippen MR) is 70.6 cm³/mol. The summed E-state index contributed by atoms with van der Waals surface area (Å²) in [7, 11) is 0. The monoisotopic (exact) mass is 281 g/mol. The largest absolute Gasteiger partial charge is 0.457 e. The highest BCUT2D eigenvalue weighted by atomic mass is 19.4. The molecular formula is C15H14F3NO. The van der Waals surface area contributed by atoms with Crippen molar-refractivity contribution in [2.45, 2.75) is 19.6 Å². The van der Waals surface area contributed by atoms with Crippen LogP contribution in [0.3, 0.4) is 0 Å². The molecule has 2 aromatic carbocycles. The Morgan fingerprint density at radius 1 is 1.05 bits per heavy atom. The maximum atomic E-state index is 12.5. The third-order valence-corrected chi connectivity index (χ3v) is 2.91. The summed E-state index contributed by atoms with van der Waals surface area (Å²) in [4.78, 5) is 0. The van der Waals surface area contributed by atoms with Crippen LogP contribution in [-0.2, 0) is 12.7 Å². The van der Waals surface area contributed by atoms with Crippen molar-refractivity contribution >= 4 is 0 Å². The molecule has 0 aromatic heterocycles. The van der Waals surface area contributed by atoms with Crippen LogP contribution in [0.2, 0.25) is 0 Å². The predicted octanol–water partition coefficient (Wildman–Crippen LogP) is 4.26. The Morgan fingerprint density at radius 3 is 2.25 bits per heavy atom. The second-order valence-electron chi connectivity index (χ2n) is 4.39. The molecule has 2 nitrogen and oxygen atoms in total. The lowest BCUT2D eigenvalue weighted by Crippen LogP contribution is -2.04. The summed E-state index contributed by atoms with van der Waals surface area (Å²) in [6, 6.07) is 10.1. The molecule has 0 radical (unpaired) electrons. The number of hydrogen-bond donors (Lipinski definition) is 1. The molecule has 0 atom stereocenters. The first kappa shape index (κ1) is 14.4. The number of benzene rings is 2. The molecule has 0 bridgehead atoms. The van der Waals surface area contributed by atoms with Crippen molar-refractivity contribution in [3.8, 4) is 11.5 Å². The SMILES string of the molecule is Cc1cccc(CN)c1Oc1ccc(C(F)(F)F)cc1. The molecular weight excluding hydrogens is 267 g/mol. The maximum Gasteiger partial charge on any atom is 0.416 e. The zero-order valence-electron chi connectivity index (χ0n) is 10.9. The van der Waals surface area contributed by atoms with E-state index >= 15 is 0 Å². The molecule has 0 heterocycles. The number of aryl methyl sites for hydroxylation is 1. The molecule has 20 heavy (non-hydrogen) atoms. The van der Waals surface area contributed by atoms with E-state index in [4.69, 9.17) is 10.5 Å². The minimum absolute atomic E-state index is 0.303. The molecule has 0 amide bonds. The van der Waals surface area contributed by atoms with Gasteiger partial charge in [-0.15, -0.1) is 0 Å². The molecule has 0 saturated carbocycles. The Kier molecular flexibility index (Phi) is 3.99. The maximum absolute atomic E-state index is 12.5. The Morgan fingerprint density at radius 2 is 1.70 bits per heavy atom. The van der Waals surface area contributed by atoms with Crippen LogP contribution < -0.4 is 10.5 Å². The topological polar surface area (TPSA) is 35.2 Å². The van der Waals surface area contributed by atoms with E-state index in [1.54, 1.807) is 0 Å². The molecule has 0 spiro atoms. The van der Waals surface area contributed by atoms with Crippen molar-refractivity contribution in [1.29, 1.82) is 0 Å². The highest BCUT2D eigenvalue weighted by molar-refractivity contribution is 5.44. The zero-order valence-corrected chi connectivity index (χ0v) is 10.9. The first-order valence-electron chi connectivity index (χ1n) is 6.05. The van der Waals surface area contributed by atoms with E-state index in [9.17, 15) is 13.2 Å². The summed E-state index contributed by atoms with van der Waals surface area (Å²) in [6.07, 6.45) is -4.34. The number of rotatable bonds is 3. The van der Waals surface area contributed by atoms with Crippen LogP contribution in [0.1, 0.15) is 16.7 Å². The summed E-state index contributed by atoms with van der Waals surface area (Å²) >= 11 is 0. The van der Waals surface area contributed by atoms with E-state index in [1.165, 1.54) is 12.1 Å². The molecule has 0 aliphatic carbocycles. The average Bonchev–Trinajstić information content (AvgIpc) is 2.40. The van der Waals surface area contributed by atoms with Crippen LogP contribution in [0.4, 0.5) is 13.2 Å². The Hall–Kier alpha value is -2.01. The molecule has 0 unspecified atom stereocenters. The van der Waals surface area contributed by atoms with Crippen molar-refractivity contribution in [3.63, 3.8) is 0 Å². The van der Waals surface area contributed by atoms with Crippen LogP contribution in [-0.4, -0.2) is 0 Å². The highest BCUT2D eigenvalue weighted by Gasteiger charge is 2.30. The molecule has 0 fully saturated rings. The first-order chi connectivity index (χ1) is 9.41. The number of halogens is 3. The van der Waals surface area contributed by atoms with Gasteiger partial charge in [0, 0.05) is 12.1 Å². The molecule has 2 N–H and O–H groups in total. The Labute approximate surface area is 115 Å². The van der Waals surface area contributed by atoms with E-state index in [0.717, 1.165) is 23.3 Å². The smallest absolute Gasteiger partial charge is 0.416 e. The summed E-state index contributed by atoms with van der Waals surface area (Å²) in [6.45, 7) is 2.16. The van der Waals surface area contributed by atoms with Gasteiger partial charge in [-0.05, 0) is 36.8 Å². The molecule has 0 saturated heterocycles. The highest BCUT2D eigenvalue weighted by Crippen LogP contribution is 2.33. The summed E-state index contributed by atoms with van der Waals surface area (Å²) in [5, 5.41) is 0. The van der Waals surface area contributed by atoms with Crippen molar-refractivity contribution in [3.05, 3.63) is 59.2 Å². The lowest BCUT2D eigenvalue weighted by molar-refractivity contribution is -0.137. The Balaban J connectivity index is 2.27. The number of hydrogen-bond acceptors (Lipinski definition) is 2. The molecule has 0 aliphatic heterocycles. The third-order valence-electron chi connectivity index (χ3n) is 2.91. The van der Waals surface area contributed by atoms with E-state index < -0.39 is 11.7 Å². The normalized spacial score (nSPS) is 11.4. The van der Waals surface area contributed by atoms with Crippen LogP contribution in [0.25, 0.3) is 0 Å². The fourth-order valence-corrected chi connectivity index (χ4v) is 1.85. The first-order valence-corrected chi connectivity index (χ1v) is 6.05. The molecule has 2 aromatic rings. The van der Waals surface area contributed by atoms with Crippen molar-refractivity contribution in [2.75, 3.05) is 0 Å². The lowest BCUT2D eigenvalue weighted by atomic mass is 10.1. The molecule has 106 valence electrons. The fraction of sp³-hybridized carbons (Fsp3) is 0.200. The average molecular weight is 281 g/mol. The zero-order chi connectivity index (χ0) is 14.8. The van der Waals surface area contributed by atoms with Gasteiger partial charge in [0.15, 0.2) is 0 Å². The minimum atomic E-state index is -4.34. The van der Waals surface area contributed by atoms with Gasteiger partial charge in [-0.1, -0.05) is 18.2 Å². The van der Waals surface area contributed by atoms with E-state index in [0.29, 0.717) is 18.0 Å². The van der Waals surface area contributed by atoms with Crippen LogP contribution in [0.5, 0.6) is 11.5 Å². The molecule has 2 rings (SSSR count). The van der Waals surface area contributed by atoms with Crippen LogP contribution in [0, 0.1) is 6.92 Å². The van der Waals surface area contributed by atoms with Gasteiger partial charge in [-0.25, -0.2) is 0 Å². The van der Waals surface area contributed by atoms with Gasteiger partial charge < -0.3 is 10.5 Å². The van der Waals surface area contributed by atoms with E-state index in [1.807, 2.05) is 25.1 Å².